The third-order valence-electron chi connectivity index (χ3n) is 2.04. The van der Waals surface area contributed by atoms with E-state index >= 15 is 0 Å². The minimum absolute atomic E-state index is 0.176. The highest BCUT2D eigenvalue weighted by Gasteiger charge is 2.07. The molecule has 0 saturated heterocycles. The molecule has 2 aromatic heterocycles. The lowest BCUT2D eigenvalue weighted by molar-refractivity contribution is 0.601. The zero-order valence-corrected chi connectivity index (χ0v) is 11.6. The Bertz CT molecular complexity index is 615. The molecule has 0 N–H and O–H groups in total. The van der Waals surface area contributed by atoms with Gasteiger partial charge in [-0.3, -0.25) is 9.78 Å². The van der Waals surface area contributed by atoms with E-state index in [1.165, 1.54) is 23.1 Å². The standard InChI is InChI=1S/C10H6Br2FN3O/c11-8-4-15-16(10(17)9(8)12)5-6-1-7(13)3-14-2-6/h1-4H,5H2. The summed E-state index contributed by atoms with van der Waals surface area (Å²) in [5.74, 6) is -0.438. The maximum atomic E-state index is 12.9. The van der Waals surface area contributed by atoms with E-state index in [2.05, 4.69) is 41.9 Å². The van der Waals surface area contributed by atoms with Gasteiger partial charge in [0.2, 0.25) is 0 Å². The Morgan fingerprint density at radius 1 is 1.29 bits per heavy atom. The third kappa shape index (κ3) is 2.78. The van der Waals surface area contributed by atoms with Crippen LogP contribution in [0.3, 0.4) is 0 Å². The molecule has 0 amide bonds. The Balaban J connectivity index is 2.37. The van der Waals surface area contributed by atoms with Crippen LogP contribution in [-0.4, -0.2) is 14.8 Å². The fourth-order valence-electron chi connectivity index (χ4n) is 1.27. The first kappa shape index (κ1) is 12.4. The molecule has 4 nitrogen and oxygen atoms in total. The molecule has 7 heteroatoms. The van der Waals surface area contributed by atoms with Gasteiger partial charge in [0.1, 0.15) is 10.3 Å². The number of hydrogen-bond donors (Lipinski definition) is 0. The Hall–Kier alpha value is -1.08. The van der Waals surface area contributed by atoms with E-state index in [0.29, 0.717) is 14.5 Å². The van der Waals surface area contributed by atoms with Gasteiger partial charge in [-0.25, -0.2) is 9.07 Å². The van der Waals surface area contributed by atoms with Crippen LogP contribution in [0.15, 0.2) is 38.4 Å². The molecule has 0 spiro atoms. The van der Waals surface area contributed by atoms with Crippen molar-refractivity contribution in [3.05, 3.63) is 55.3 Å². The van der Waals surface area contributed by atoms with Crippen LogP contribution < -0.4 is 5.56 Å². The molecule has 0 aromatic carbocycles. The van der Waals surface area contributed by atoms with Gasteiger partial charge < -0.3 is 0 Å². The number of rotatable bonds is 2. The van der Waals surface area contributed by atoms with E-state index in [-0.39, 0.29) is 12.1 Å². The minimum atomic E-state index is -0.438. The number of aromatic nitrogens is 3. The average molecular weight is 363 g/mol. The molecule has 0 aliphatic rings. The molecule has 0 atom stereocenters. The SMILES string of the molecule is O=c1c(Br)c(Br)cnn1Cc1cncc(F)c1. The molecule has 2 aromatic rings. The molecular formula is C10H6Br2FN3O. The van der Waals surface area contributed by atoms with Crippen molar-refractivity contribution in [2.24, 2.45) is 0 Å². The molecule has 0 saturated carbocycles. The molecule has 2 rings (SSSR count). The molecule has 88 valence electrons. The molecule has 0 radical (unpaired) electrons. The fourth-order valence-corrected chi connectivity index (χ4v) is 1.84. The topological polar surface area (TPSA) is 47.8 Å². The van der Waals surface area contributed by atoms with E-state index in [4.69, 9.17) is 0 Å². The van der Waals surface area contributed by atoms with Crippen molar-refractivity contribution >= 4 is 31.9 Å². The first-order valence-corrected chi connectivity index (χ1v) is 6.17. The minimum Gasteiger partial charge on any atom is -0.266 e. The Morgan fingerprint density at radius 2 is 2.06 bits per heavy atom. The van der Waals surface area contributed by atoms with Crippen LogP contribution >= 0.6 is 31.9 Å². The molecule has 0 unspecified atom stereocenters. The zero-order chi connectivity index (χ0) is 12.4. The number of pyridine rings is 1. The monoisotopic (exact) mass is 361 g/mol. The molecule has 0 aliphatic carbocycles. The zero-order valence-electron chi connectivity index (χ0n) is 8.40. The van der Waals surface area contributed by atoms with Crippen LogP contribution in [0.1, 0.15) is 5.56 Å². The van der Waals surface area contributed by atoms with Crippen molar-refractivity contribution in [1.82, 2.24) is 14.8 Å². The highest BCUT2D eigenvalue weighted by atomic mass is 79.9. The van der Waals surface area contributed by atoms with Crippen LogP contribution in [0.5, 0.6) is 0 Å². The summed E-state index contributed by atoms with van der Waals surface area (Å²) in [5, 5.41) is 3.94. The largest absolute Gasteiger partial charge is 0.282 e. The summed E-state index contributed by atoms with van der Waals surface area (Å²) in [6.07, 6.45) is 4.10. The lowest BCUT2D eigenvalue weighted by atomic mass is 10.3. The second-order valence-electron chi connectivity index (χ2n) is 3.28. The molecular weight excluding hydrogens is 357 g/mol. The highest BCUT2D eigenvalue weighted by molar-refractivity contribution is 9.13. The fraction of sp³-hybridized carbons (Fsp3) is 0.100. The first-order chi connectivity index (χ1) is 8.08. The average Bonchev–Trinajstić information content (AvgIpc) is 2.30. The Labute approximate surface area is 113 Å². The van der Waals surface area contributed by atoms with Gasteiger partial charge in [-0.1, -0.05) is 0 Å². The van der Waals surface area contributed by atoms with Crippen molar-refractivity contribution in [2.45, 2.75) is 6.54 Å². The smallest absolute Gasteiger partial charge is 0.266 e. The maximum Gasteiger partial charge on any atom is 0.282 e. The van der Waals surface area contributed by atoms with E-state index < -0.39 is 5.82 Å². The third-order valence-corrected chi connectivity index (χ3v) is 3.94. The van der Waals surface area contributed by atoms with Crippen molar-refractivity contribution in [3.63, 3.8) is 0 Å². The van der Waals surface area contributed by atoms with Gasteiger partial charge in [-0.2, -0.15) is 5.10 Å². The summed E-state index contributed by atoms with van der Waals surface area (Å²) in [7, 11) is 0. The normalized spacial score (nSPS) is 10.5. The summed E-state index contributed by atoms with van der Waals surface area (Å²) in [6, 6.07) is 1.32. The summed E-state index contributed by atoms with van der Waals surface area (Å²) in [6.45, 7) is 0.176. The van der Waals surface area contributed by atoms with Gasteiger partial charge in [-0.15, -0.1) is 0 Å². The van der Waals surface area contributed by atoms with E-state index in [1.54, 1.807) is 0 Å². The van der Waals surface area contributed by atoms with E-state index in [0.717, 1.165) is 6.20 Å². The quantitative estimate of drug-likeness (QED) is 0.823. The predicted octanol–water partition coefficient (Wildman–Crippen LogP) is 2.35. The van der Waals surface area contributed by atoms with Gasteiger partial charge >= 0.3 is 0 Å². The molecule has 0 aliphatic heterocycles. The maximum absolute atomic E-state index is 12.9. The summed E-state index contributed by atoms with van der Waals surface area (Å²) in [5.41, 5.74) is 0.289. The lowest BCUT2D eigenvalue weighted by Crippen LogP contribution is -2.24. The van der Waals surface area contributed by atoms with Crippen LogP contribution in [0.4, 0.5) is 4.39 Å². The second kappa shape index (κ2) is 5.05. The van der Waals surface area contributed by atoms with Gasteiger partial charge in [0.15, 0.2) is 0 Å². The van der Waals surface area contributed by atoms with Crippen molar-refractivity contribution < 1.29 is 4.39 Å². The van der Waals surface area contributed by atoms with Crippen LogP contribution in [-0.2, 0) is 6.54 Å². The second-order valence-corrected chi connectivity index (χ2v) is 4.93. The Morgan fingerprint density at radius 3 is 2.76 bits per heavy atom. The summed E-state index contributed by atoms with van der Waals surface area (Å²) < 4.78 is 15.1. The summed E-state index contributed by atoms with van der Waals surface area (Å²) in [4.78, 5) is 15.5. The van der Waals surface area contributed by atoms with Crippen molar-refractivity contribution in [1.29, 1.82) is 0 Å². The predicted molar refractivity (Wildman–Crippen MR) is 67.2 cm³/mol. The molecule has 2 heterocycles. The van der Waals surface area contributed by atoms with Gasteiger partial charge in [-0.05, 0) is 43.5 Å². The molecule has 0 fully saturated rings. The van der Waals surface area contributed by atoms with Crippen LogP contribution in [0, 0.1) is 5.82 Å². The van der Waals surface area contributed by atoms with Gasteiger partial charge in [0, 0.05) is 6.20 Å². The first-order valence-electron chi connectivity index (χ1n) is 4.58. The van der Waals surface area contributed by atoms with Crippen LogP contribution in [0.2, 0.25) is 0 Å². The molecule has 17 heavy (non-hydrogen) atoms. The van der Waals surface area contributed by atoms with E-state index in [9.17, 15) is 9.18 Å². The van der Waals surface area contributed by atoms with E-state index in [1.807, 2.05) is 0 Å². The Kier molecular flexibility index (Phi) is 3.68. The summed E-state index contributed by atoms with van der Waals surface area (Å²) >= 11 is 6.33. The van der Waals surface area contributed by atoms with Gasteiger partial charge in [0.05, 0.1) is 23.4 Å². The van der Waals surface area contributed by atoms with Crippen molar-refractivity contribution in [3.8, 4) is 0 Å². The lowest BCUT2D eigenvalue weighted by Gasteiger charge is -2.05. The number of nitrogens with zero attached hydrogens (tertiary/aromatic N) is 3. The van der Waals surface area contributed by atoms with Crippen molar-refractivity contribution in [2.75, 3.05) is 0 Å². The van der Waals surface area contributed by atoms with Crippen LogP contribution in [0.25, 0.3) is 0 Å². The number of halogens is 3. The highest BCUT2D eigenvalue weighted by Crippen LogP contribution is 2.16. The molecule has 0 bridgehead atoms. The van der Waals surface area contributed by atoms with Gasteiger partial charge in [0.25, 0.3) is 5.56 Å². The number of hydrogen-bond acceptors (Lipinski definition) is 3.